The van der Waals surface area contributed by atoms with Crippen LogP contribution in [0.15, 0.2) is 47.1 Å². The van der Waals surface area contributed by atoms with Crippen LogP contribution in [0.5, 0.6) is 5.75 Å². The maximum Gasteiger partial charge on any atom is 0.291 e. The van der Waals surface area contributed by atoms with Crippen LogP contribution in [-0.2, 0) is 4.79 Å². The van der Waals surface area contributed by atoms with Gasteiger partial charge in [-0.05, 0) is 37.1 Å². The summed E-state index contributed by atoms with van der Waals surface area (Å²) in [4.78, 5) is 26.3. The molecule has 0 aliphatic carbocycles. The number of furan rings is 1. The van der Waals surface area contributed by atoms with E-state index in [1.807, 2.05) is 11.8 Å². The highest BCUT2D eigenvalue weighted by Crippen LogP contribution is 2.18. The summed E-state index contributed by atoms with van der Waals surface area (Å²) in [5.74, 6) is 0.898. The zero-order valence-corrected chi connectivity index (χ0v) is 16.2. The van der Waals surface area contributed by atoms with Gasteiger partial charge >= 0.3 is 0 Å². The molecule has 0 aliphatic heterocycles. The number of hydrogen-bond donors (Lipinski definition) is 1. The second-order valence-electron chi connectivity index (χ2n) is 6.36. The van der Waals surface area contributed by atoms with Gasteiger partial charge in [-0.3, -0.25) is 9.59 Å². The molecule has 0 saturated heterocycles. The van der Waals surface area contributed by atoms with Crippen LogP contribution in [0.2, 0.25) is 0 Å². The van der Waals surface area contributed by atoms with E-state index in [4.69, 9.17) is 9.15 Å². The molecule has 6 nitrogen and oxygen atoms in total. The largest absolute Gasteiger partial charge is 0.484 e. The molecule has 2 aromatic rings. The van der Waals surface area contributed by atoms with E-state index in [0.717, 1.165) is 19.4 Å². The summed E-state index contributed by atoms with van der Waals surface area (Å²) in [6, 6.07) is 10.2. The normalized spacial score (nSPS) is 10.7. The molecule has 0 saturated carbocycles. The maximum atomic E-state index is 12.5. The van der Waals surface area contributed by atoms with Crippen molar-refractivity contribution < 1.29 is 18.7 Å². The molecule has 146 valence electrons. The van der Waals surface area contributed by atoms with E-state index in [-0.39, 0.29) is 24.2 Å². The lowest BCUT2D eigenvalue weighted by Gasteiger charge is -2.25. The van der Waals surface area contributed by atoms with Gasteiger partial charge in [0.25, 0.3) is 11.8 Å². The molecule has 1 heterocycles. The number of anilines is 1. The summed E-state index contributed by atoms with van der Waals surface area (Å²) < 4.78 is 10.7. The maximum absolute atomic E-state index is 12.5. The van der Waals surface area contributed by atoms with Gasteiger partial charge in [-0.1, -0.05) is 32.8 Å². The van der Waals surface area contributed by atoms with Crippen LogP contribution in [0.3, 0.4) is 0 Å². The van der Waals surface area contributed by atoms with Crippen molar-refractivity contribution in [1.82, 2.24) is 4.90 Å². The molecule has 0 unspecified atom stereocenters. The van der Waals surface area contributed by atoms with Crippen LogP contribution in [0, 0.1) is 5.92 Å². The molecular weight excluding hydrogens is 344 g/mol. The van der Waals surface area contributed by atoms with E-state index in [9.17, 15) is 9.59 Å². The number of ether oxygens (including phenoxy) is 1. The highest BCUT2D eigenvalue weighted by molar-refractivity contribution is 6.02. The minimum Gasteiger partial charge on any atom is -0.484 e. The fourth-order valence-electron chi connectivity index (χ4n) is 2.77. The molecule has 2 rings (SSSR count). The molecule has 6 heteroatoms. The Morgan fingerprint density at radius 1 is 1.15 bits per heavy atom. The van der Waals surface area contributed by atoms with Crippen LogP contribution in [0.25, 0.3) is 0 Å². The molecule has 0 radical (unpaired) electrons. The summed E-state index contributed by atoms with van der Waals surface area (Å²) in [6.45, 7) is 7.66. The number of rotatable bonds is 10. The van der Waals surface area contributed by atoms with E-state index in [1.165, 1.54) is 6.26 Å². The third kappa shape index (κ3) is 6.16. The van der Waals surface area contributed by atoms with Crippen LogP contribution >= 0.6 is 0 Å². The van der Waals surface area contributed by atoms with Gasteiger partial charge in [-0.2, -0.15) is 0 Å². The molecule has 0 spiro atoms. The van der Waals surface area contributed by atoms with E-state index < -0.39 is 0 Å². The molecule has 2 amide bonds. The van der Waals surface area contributed by atoms with E-state index in [2.05, 4.69) is 19.2 Å². The highest BCUT2D eigenvalue weighted by atomic mass is 16.5. The SMILES string of the molecule is CCC(CC)CN(CC)C(=O)COc1cccc(NC(=O)c2ccco2)c1. The molecule has 0 aliphatic rings. The zero-order valence-electron chi connectivity index (χ0n) is 16.2. The van der Waals surface area contributed by atoms with Gasteiger partial charge in [0.1, 0.15) is 5.75 Å². The van der Waals surface area contributed by atoms with Crippen LogP contribution in [0.1, 0.15) is 44.2 Å². The average Bonchev–Trinajstić information content (AvgIpc) is 3.22. The first kappa shape index (κ1) is 20.6. The van der Waals surface area contributed by atoms with Gasteiger partial charge in [-0.25, -0.2) is 0 Å². The van der Waals surface area contributed by atoms with Crippen molar-refractivity contribution in [2.45, 2.75) is 33.6 Å². The van der Waals surface area contributed by atoms with Crippen molar-refractivity contribution in [3.63, 3.8) is 0 Å². The Bertz CT molecular complexity index is 724. The Kier molecular flexibility index (Phi) is 7.92. The minimum atomic E-state index is -0.337. The van der Waals surface area contributed by atoms with Crippen molar-refractivity contribution in [3.8, 4) is 5.75 Å². The van der Waals surface area contributed by atoms with Crippen molar-refractivity contribution in [1.29, 1.82) is 0 Å². The number of hydrogen-bond acceptors (Lipinski definition) is 4. The van der Waals surface area contributed by atoms with Crippen molar-refractivity contribution >= 4 is 17.5 Å². The van der Waals surface area contributed by atoms with Gasteiger partial charge in [-0.15, -0.1) is 0 Å². The predicted octanol–water partition coefficient (Wildman–Crippen LogP) is 4.20. The number of amides is 2. The third-order valence-corrected chi connectivity index (χ3v) is 4.57. The first-order chi connectivity index (χ1) is 13.1. The lowest BCUT2D eigenvalue weighted by molar-refractivity contribution is -0.133. The number of benzene rings is 1. The number of nitrogens with zero attached hydrogens (tertiary/aromatic N) is 1. The molecule has 1 aromatic heterocycles. The summed E-state index contributed by atoms with van der Waals surface area (Å²) in [5, 5.41) is 2.74. The van der Waals surface area contributed by atoms with Crippen molar-refractivity contribution in [2.75, 3.05) is 25.0 Å². The Hall–Kier alpha value is -2.76. The zero-order chi connectivity index (χ0) is 19.6. The summed E-state index contributed by atoms with van der Waals surface area (Å²) in [6.07, 6.45) is 3.55. The van der Waals surface area contributed by atoms with E-state index in [0.29, 0.717) is 23.9 Å². The fourth-order valence-corrected chi connectivity index (χ4v) is 2.77. The standard InChI is InChI=1S/C21H28N2O4/c1-4-16(5-2)14-23(6-3)20(24)15-27-18-10-7-9-17(13-18)22-21(25)19-11-8-12-26-19/h7-13,16H,4-6,14-15H2,1-3H3,(H,22,25). The van der Waals surface area contributed by atoms with Crippen LogP contribution in [-0.4, -0.2) is 36.4 Å². The van der Waals surface area contributed by atoms with Gasteiger partial charge in [0.15, 0.2) is 12.4 Å². The first-order valence-corrected chi connectivity index (χ1v) is 9.42. The average molecular weight is 372 g/mol. The smallest absolute Gasteiger partial charge is 0.291 e. The van der Waals surface area contributed by atoms with Crippen LogP contribution < -0.4 is 10.1 Å². The monoisotopic (exact) mass is 372 g/mol. The van der Waals surface area contributed by atoms with Gasteiger partial charge < -0.3 is 19.4 Å². The van der Waals surface area contributed by atoms with Gasteiger partial charge in [0.05, 0.1) is 6.26 Å². The molecule has 1 aromatic carbocycles. The van der Waals surface area contributed by atoms with E-state index in [1.54, 1.807) is 36.4 Å². The number of nitrogens with one attached hydrogen (secondary N) is 1. The number of carbonyl (C=O) groups excluding carboxylic acids is 2. The number of likely N-dealkylation sites (N-methyl/N-ethyl adjacent to an activating group) is 1. The minimum absolute atomic E-state index is 0.0242. The molecular formula is C21H28N2O4. The molecule has 0 atom stereocenters. The molecule has 0 fully saturated rings. The van der Waals surface area contributed by atoms with Crippen LogP contribution in [0.4, 0.5) is 5.69 Å². The number of carbonyl (C=O) groups is 2. The Labute approximate surface area is 160 Å². The van der Waals surface area contributed by atoms with Gasteiger partial charge in [0, 0.05) is 24.8 Å². The Balaban J connectivity index is 1.91. The molecule has 27 heavy (non-hydrogen) atoms. The lowest BCUT2D eigenvalue weighted by Crippen LogP contribution is -2.38. The highest BCUT2D eigenvalue weighted by Gasteiger charge is 2.16. The fraction of sp³-hybridized carbons (Fsp3) is 0.429. The summed E-state index contributed by atoms with van der Waals surface area (Å²) >= 11 is 0. The second-order valence-corrected chi connectivity index (χ2v) is 6.36. The summed E-state index contributed by atoms with van der Waals surface area (Å²) in [5.41, 5.74) is 0.575. The molecule has 1 N–H and O–H groups in total. The quantitative estimate of drug-likeness (QED) is 0.679. The topological polar surface area (TPSA) is 71.8 Å². The van der Waals surface area contributed by atoms with Gasteiger partial charge in [0.2, 0.25) is 0 Å². The second kappa shape index (κ2) is 10.4. The Morgan fingerprint density at radius 2 is 1.93 bits per heavy atom. The van der Waals surface area contributed by atoms with Crippen molar-refractivity contribution in [2.24, 2.45) is 5.92 Å². The van der Waals surface area contributed by atoms with E-state index >= 15 is 0 Å². The molecule has 0 bridgehead atoms. The lowest BCUT2D eigenvalue weighted by atomic mass is 10.0. The predicted molar refractivity (Wildman–Crippen MR) is 105 cm³/mol. The Morgan fingerprint density at radius 3 is 2.56 bits per heavy atom. The first-order valence-electron chi connectivity index (χ1n) is 9.42. The summed E-state index contributed by atoms with van der Waals surface area (Å²) in [7, 11) is 0. The third-order valence-electron chi connectivity index (χ3n) is 4.57. The van der Waals surface area contributed by atoms with Crippen molar-refractivity contribution in [3.05, 3.63) is 48.4 Å².